The van der Waals surface area contributed by atoms with E-state index in [-0.39, 0.29) is 12.0 Å². The molecule has 1 rings (SSSR count). The van der Waals surface area contributed by atoms with Crippen LogP contribution in [-0.2, 0) is 9.53 Å². The van der Waals surface area contributed by atoms with E-state index in [1.165, 1.54) is 0 Å². The smallest absolute Gasteiger partial charge is 0.137 e. The first-order valence-electron chi connectivity index (χ1n) is 5.10. The maximum Gasteiger partial charge on any atom is 0.137 e. The highest BCUT2D eigenvalue weighted by Crippen LogP contribution is 2.17. The molecule has 0 aromatic rings. The lowest BCUT2D eigenvalue weighted by Crippen LogP contribution is -2.29. The van der Waals surface area contributed by atoms with Gasteiger partial charge < -0.3 is 10.5 Å². The quantitative estimate of drug-likeness (QED) is 0.713. The lowest BCUT2D eigenvalue weighted by atomic mass is 9.91. The molecule has 0 saturated carbocycles. The zero-order valence-corrected chi connectivity index (χ0v) is 8.29. The summed E-state index contributed by atoms with van der Waals surface area (Å²) in [6.07, 6.45) is 3.20. The molecule has 13 heavy (non-hydrogen) atoms. The Morgan fingerprint density at radius 1 is 1.54 bits per heavy atom. The van der Waals surface area contributed by atoms with E-state index < -0.39 is 0 Å². The molecule has 0 aromatic carbocycles. The van der Waals surface area contributed by atoms with Gasteiger partial charge in [-0.25, -0.2) is 0 Å². The first-order chi connectivity index (χ1) is 6.24. The third kappa shape index (κ3) is 3.44. The number of Topliss-reactive ketones (excluding diaryl/α,β-unsaturated/α-hetero) is 1. The third-order valence-corrected chi connectivity index (χ3v) is 2.66. The number of hydrogen-bond donors (Lipinski definition) is 1. The second kappa shape index (κ2) is 5.35. The van der Waals surface area contributed by atoms with Gasteiger partial charge in [0.1, 0.15) is 5.78 Å². The van der Waals surface area contributed by atoms with Gasteiger partial charge in [0.25, 0.3) is 0 Å². The van der Waals surface area contributed by atoms with Gasteiger partial charge >= 0.3 is 0 Å². The van der Waals surface area contributed by atoms with Crippen molar-refractivity contribution in [1.82, 2.24) is 0 Å². The summed E-state index contributed by atoms with van der Waals surface area (Å²) in [5.41, 5.74) is 5.73. The van der Waals surface area contributed by atoms with Crippen molar-refractivity contribution in [2.75, 3.05) is 13.2 Å². The summed E-state index contributed by atoms with van der Waals surface area (Å²) in [7, 11) is 0. The van der Waals surface area contributed by atoms with Crippen molar-refractivity contribution in [2.45, 2.75) is 38.6 Å². The fourth-order valence-corrected chi connectivity index (χ4v) is 1.59. The molecule has 1 aliphatic heterocycles. The molecule has 2 N–H and O–H groups in total. The van der Waals surface area contributed by atoms with Crippen molar-refractivity contribution in [1.29, 1.82) is 0 Å². The van der Waals surface area contributed by atoms with Crippen LogP contribution in [0.3, 0.4) is 0 Å². The summed E-state index contributed by atoms with van der Waals surface area (Å²) in [4.78, 5) is 11.6. The Labute approximate surface area is 79.6 Å². The number of ketones is 1. The molecule has 1 atom stereocenters. The molecule has 0 aromatic heterocycles. The molecular weight excluding hydrogens is 166 g/mol. The van der Waals surface area contributed by atoms with E-state index in [1.54, 1.807) is 0 Å². The molecule has 0 radical (unpaired) electrons. The monoisotopic (exact) mass is 185 g/mol. The Morgan fingerprint density at radius 2 is 2.15 bits per heavy atom. The molecule has 1 fully saturated rings. The molecule has 0 amide bonds. The number of rotatable bonds is 4. The molecule has 0 aliphatic carbocycles. The van der Waals surface area contributed by atoms with Crippen LogP contribution >= 0.6 is 0 Å². The maximum absolute atomic E-state index is 11.6. The number of carbonyl (C=O) groups is 1. The number of carbonyl (C=O) groups excluding carboxylic acids is 1. The van der Waals surface area contributed by atoms with Crippen LogP contribution in [0.1, 0.15) is 32.6 Å². The van der Waals surface area contributed by atoms with E-state index in [9.17, 15) is 4.79 Å². The topological polar surface area (TPSA) is 52.3 Å². The van der Waals surface area contributed by atoms with E-state index >= 15 is 0 Å². The highest BCUT2D eigenvalue weighted by Gasteiger charge is 2.22. The van der Waals surface area contributed by atoms with Gasteiger partial charge in [-0.3, -0.25) is 4.79 Å². The summed E-state index contributed by atoms with van der Waals surface area (Å²) in [5, 5.41) is 0. The van der Waals surface area contributed by atoms with Gasteiger partial charge in [0.15, 0.2) is 0 Å². The lowest BCUT2D eigenvalue weighted by Gasteiger charge is -2.21. The second-order valence-corrected chi connectivity index (χ2v) is 3.73. The largest absolute Gasteiger partial charge is 0.381 e. The van der Waals surface area contributed by atoms with Crippen molar-refractivity contribution in [3.8, 4) is 0 Å². The molecule has 3 heteroatoms. The molecule has 1 aliphatic rings. The normalized spacial score (nSPS) is 21.4. The fourth-order valence-electron chi connectivity index (χ4n) is 1.59. The van der Waals surface area contributed by atoms with Crippen molar-refractivity contribution < 1.29 is 9.53 Å². The lowest BCUT2D eigenvalue weighted by molar-refractivity contribution is -0.126. The van der Waals surface area contributed by atoms with Crippen LogP contribution in [0.25, 0.3) is 0 Å². The Kier molecular flexibility index (Phi) is 4.39. The van der Waals surface area contributed by atoms with Crippen molar-refractivity contribution in [3.05, 3.63) is 0 Å². The number of nitrogens with two attached hydrogens (primary N) is 1. The highest BCUT2D eigenvalue weighted by atomic mass is 16.5. The summed E-state index contributed by atoms with van der Waals surface area (Å²) < 4.78 is 5.20. The predicted octanol–water partition coefficient (Wildman–Crippen LogP) is 1.11. The Balaban J connectivity index is 2.29. The third-order valence-electron chi connectivity index (χ3n) is 2.66. The first kappa shape index (κ1) is 10.7. The second-order valence-electron chi connectivity index (χ2n) is 3.73. The predicted molar refractivity (Wildman–Crippen MR) is 51.4 cm³/mol. The molecule has 1 unspecified atom stereocenters. The molecule has 76 valence electrons. The van der Waals surface area contributed by atoms with Gasteiger partial charge in [-0.05, 0) is 19.3 Å². The summed E-state index contributed by atoms with van der Waals surface area (Å²) in [6, 6.07) is 0.0512. The van der Waals surface area contributed by atoms with Crippen LogP contribution < -0.4 is 5.73 Å². The van der Waals surface area contributed by atoms with Crippen molar-refractivity contribution in [2.24, 2.45) is 11.7 Å². The van der Waals surface area contributed by atoms with Gasteiger partial charge in [-0.2, -0.15) is 0 Å². The van der Waals surface area contributed by atoms with Gasteiger partial charge in [0.2, 0.25) is 0 Å². The van der Waals surface area contributed by atoms with Crippen molar-refractivity contribution in [3.63, 3.8) is 0 Å². The number of hydrogen-bond acceptors (Lipinski definition) is 3. The molecule has 0 bridgehead atoms. The molecule has 3 nitrogen and oxygen atoms in total. The van der Waals surface area contributed by atoms with Crippen LogP contribution in [0.2, 0.25) is 0 Å². The van der Waals surface area contributed by atoms with E-state index in [0.717, 1.165) is 32.5 Å². The average molecular weight is 185 g/mol. The molecular formula is C10H19NO2. The Bertz CT molecular complexity index is 164. The molecule has 0 spiro atoms. The van der Waals surface area contributed by atoms with E-state index in [1.807, 2.05) is 6.92 Å². The van der Waals surface area contributed by atoms with Gasteiger partial charge in [-0.15, -0.1) is 0 Å². The van der Waals surface area contributed by atoms with Crippen molar-refractivity contribution >= 4 is 5.78 Å². The van der Waals surface area contributed by atoms with Gasteiger partial charge in [0.05, 0.1) is 0 Å². The van der Waals surface area contributed by atoms with Gasteiger partial charge in [-0.1, -0.05) is 6.92 Å². The van der Waals surface area contributed by atoms with E-state index in [4.69, 9.17) is 10.5 Å². The summed E-state index contributed by atoms with van der Waals surface area (Å²) in [5.74, 6) is 0.545. The van der Waals surface area contributed by atoms with Crippen LogP contribution in [0.15, 0.2) is 0 Å². The van der Waals surface area contributed by atoms with Crippen LogP contribution in [0.4, 0.5) is 0 Å². The summed E-state index contributed by atoms with van der Waals surface area (Å²) >= 11 is 0. The van der Waals surface area contributed by atoms with E-state index in [0.29, 0.717) is 12.2 Å². The van der Waals surface area contributed by atoms with Crippen LogP contribution in [0, 0.1) is 5.92 Å². The SMILES string of the molecule is CCC(N)CC(=O)C1CCOCC1. The zero-order valence-electron chi connectivity index (χ0n) is 8.29. The van der Waals surface area contributed by atoms with E-state index in [2.05, 4.69) is 0 Å². The maximum atomic E-state index is 11.6. The summed E-state index contributed by atoms with van der Waals surface area (Å²) in [6.45, 7) is 3.48. The Morgan fingerprint density at radius 3 is 2.69 bits per heavy atom. The standard InChI is InChI=1S/C10H19NO2/c1-2-9(11)7-10(12)8-3-5-13-6-4-8/h8-9H,2-7,11H2,1H3. The van der Waals surface area contributed by atoms with Gasteiger partial charge in [0, 0.05) is 31.6 Å². The average Bonchev–Trinajstić information content (AvgIpc) is 2.19. The van der Waals surface area contributed by atoms with Crippen LogP contribution in [-0.4, -0.2) is 25.0 Å². The minimum absolute atomic E-state index is 0.0512. The highest BCUT2D eigenvalue weighted by molar-refractivity contribution is 5.81. The number of ether oxygens (including phenoxy) is 1. The van der Waals surface area contributed by atoms with Crippen LogP contribution in [0.5, 0.6) is 0 Å². The zero-order chi connectivity index (χ0) is 9.68. The fraction of sp³-hybridized carbons (Fsp3) is 0.900. The first-order valence-corrected chi connectivity index (χ1v) is 5.10. The molecule has 1 heterocycles. The minimum Gasteiger partial charge on any atom is -0.381 e. The molecule has 1 saturated heterocycles. The minimum atomic E-state index is 0.0512. The Hall–Kier alpha value is -0.410.